The molecular formula is C18H17Cl2NO2. The first-order valence-corrected chi connectivity index (χ1v) is 8.22. The predicted molar refractivity (Wildman–Crippen MR) is 93.9 cm³/mol. The van der Waals surface area contributed by atoms with Crippen LogP contribution in [0.4, 0.5) is 5.69 Å². The molecule has 0 bridgehead atoms. The van der Waals surface area contributed by atoms with Gasteiger partial charge in [-0.3, -0.25) is 4.79 Å². The summed E-state index contributed by atoms with van der Waals surface area (Å²) >= 11 is 12.5. The zero-order valence-corrected chi connectivity index (χ0v) is 14.2. The normalized spacial score (nSPS) is 15.1. The monoisotopic (exact) mass is 349 g/mol. The number of halogens is 2. The van der Waals surface area contributed by atoms with E-state index in [4.69, 9.17) is 27.9 Å². The van der Waals surface area contributed by atoms with Crippen LogP contribution in [-0.2, 0) is 0 Å². The van der Waals surface area contributed by atoms with Gasteiger partial charge in [0, 0.05) is 16.1 Å². The maximum atomic E-state index is 10.8. The largest absolute Gasteiger partial charge is 0.496 e. The highest BCUT2D eigenvalue weighted by atomic mass is 35.5. The van der Waals surface area contributed by atoms with Gasteiger partial charge in [-0.15, -0.1) is 0 Å². The Labute approximate surface area is 145 Å². The molecule has 0 radical (unpaired) electrons. The summed E-state index contributed by atoms with van der Waals surface area (Å²) < 4.78 is 5.49. The summed E-state index contributed by atoms with van der Waals surface area (Å²) in [4.78, 5) is 10.8. The van der Waals surface area contributed by atoms with Crippen molar-refractivity contribution in [2.24, 2.45) is 5.92 Å². The van der Waals surface area contributed by atoms with E-state index in [-0.39, 0.29) is 6.04 Å². The molecule has 1 aliphatic rings. The van der Waals surface area contributed by atoms with Gasteiger partial charge in [0.15, 0.2) is 0 Å². The number of methoxy groups -OCH3 is 1. The highest BCUT2D eigenvalue weighted by Gasteiger charge is 2.34. The van der Waals surface area contributed by atoms with Crippen LogP contribution in [0.3, 0.4) is 0 Å². The quantitative estimate of drug-likeness (QED) is 0.711. The maximum Gasteiger partial charge on any atom is 0.150 e. The highest BCUT2D eigenvalue weighted by Crippen LogP contribution is 2.46. The molecule has 23 heavy (non-hydrogen) atoms. The topological polar surface area (TPSA) is 38.3 Å². The van der Waals surface area contributed by atoms with Crippen LogP contribution in [0.1, 0.15) is 34.8 Å². The van der Waals surface area contributed by atoms with Gasteiger partial charge in [0.25, 0.3) is 0 Å². The molecule has 3 nitrogen and oxygen atoms in total. The number of hydrogen-bond donors (Lipinski definition) is 1. The van der Waals surface area contributed by atoms with Crippen molar-refractivity contribution in [3.63, 3.8) is 0 Å². The van der Waals surface area contributed by atoms with Gasteiger partial charge in [0.2, 0.25) is 0 Å². The van der Waals surface area contributed by atoms with Crippen LogP contribution in [0.15, 0.2) is 36.4 Å². The molecule has 0 spiro atoms. The minimum Gasteiger partial charge on any atom is -0.496 e. The Morgan fingerprint density at radius 2 is 2.00 bits per heavy atom. The molecule has 0 aliphatic heterocycles. The van der Waals surface area contributed by atoms with E-state index < -0.39 is 0 Å². The van der Waals surface area contributed by atoms with Crippen molar-refractivity contribution >= 4 is 35.2 Å². The minimum atomic E-state index is 0.0724. The van der Waals surface area contributed by atoms with Gasteiger partial charge >= 0.3 is 0 Å². The first-order chi connectivity index (χ1) is 11.1. The summed E-state index contributed by atoms with van der Waals surface area (Å²) in [6.45, 7) is 0. The van der Waals surface area contributed by atoms with Crippen LogP contribution in [0.5, 0.6) is 5.75 Å². The third kappa shape index (κ3) is 3.62. The summed E-state index contributed by atoms with van der Waals surface area (Å²) in [7, 11) is 1.66. The van der Waals surface area contributed by atoms with Crippen molar-refractivity contribution in [2.75, 3.05) is 12.4 Å². The second-order valence-electron chi connectivity index (χ2n) is 5.70. The Bertz CT molecular complexity index is 729. The molecule has 1 N–H and O–H groups in total. The lowest BCUT2D eigenvalue weighted by molar-refractivity contribution is 0.112. The fraction of sp³-hybridized carbons (Fsp3) is 0.278. The fourth-order valence-corrected chi connectivity index (χ4v) is 3.14. The fourth-order valence-electron chi connectivity index (χ4n) is 2.72. The van der Waals surface area contributed by atoms with E-state index in [1.54, 1.807) is 19.2 Å². The SMILES string of the molecule is COc1ccc(Cl)cc1C(Nc1ccc(C=O)cc1Cl)C1CC1. The van der Waals surface area contributed by atoms with Crippen LogP contribution in [0.25, 0.3) is 0 Å². The molecule has 0 amide bonds. The van der Waals surface area contributed by atoms with Crippen molar-refractivity contribution in [3.05, 3.63) is 57.6 Å². The molecule has 0 heterocycles. The smallest absolute Gasteiger partial charge is 0.150 e. The van der Waals surface area contributed by atoms with Crippen molar-refractivity contribution in [1.82, 2.24) is 0 Å². The Balaban J connectivity index is 1.94. The number of rotatable bonds is 6. The maximum absolute atomic E-state index is 10.8. The van der Waals surface area contributed by atoms with E-state index in [2.05, 4.69) is 5.32 Å². The van der Waals surface area contributed by atoms with Crippen LogP contribution >= 0.6 is 23.2 Å². The lowest BCUT2D eigenvalue weighted by Crippen LogP contribution is -2.14. The molecular weight excluding hydrogens is 333 g/mol. The summed E-state index contributed by atoms with van der Waals surface area (Å²) in [5.41, 5.74) is 2.39. The minimum absolute atomic E-state index is 0.0724. The molecule has 0 saturated heterocycles. The molecule has 1 fully saturated rings. The summed E-state index contributed by atoms with van der Waals surface area (Å²) in [6.07, 6.45) is 3.09. The Kier molecular flexibility index (Phi) is 4.79. The van der Waals surface area contributed by atoms with Gasteiger partial charge in [0.05, 0.1) is 23.9 Å². The molecule has 120 valence electrons. The number of carbonyl (C=O) groups excluding carboxylic acids is 1. The second-order valence-corrected chi connectivity index (χ2v) is 6.55. The van der Waals surface area contributed by atoms with Gasteiger partial charge in [-0.25, -0.2) is 0 Å². The molecule has 2 aromatic rings. The summed E-state index contributed by atoms with van der Waals surface area (Å²) in [5, 5.41) is 4.70. The van der Waals surface area contributed by atoms with E-state index in [0.717, 1.165) is 36.1 Å². The number of anilines is 1. The number of benzene rings is 2. The third-order valence-electron chi connectivity index (χ3n) is 4.06. The zero-order chi connectivity index (χ0) is 16.4. The number of ether oxygens (including phenoxy) is 1. The second kappa shape index (κ2) is 6.81. The van der Waals surface area contributed by atoms with E-state index in [0.29, 0.717) is 21.5 Å². The first-order valence-electron chi connectivity index (χ1n) is 7.47. The number of nitrogens with one attached hydrogen (secondary N) is 1. The zero-order valence-electron chi connectivity index (χ0n) is 12.7. The van der Waals surface area contributed by atoms with E-state index in [1.165, 1.54) is 0 Å². The lowest BCUT2D eigenvalue weighted by atomic mass is 10.0. The molecule has 1 aliphatic carbocycles. The molecule has 1 unspecified atom stereocenters. The third-order valence-corrected chi connectivity index (χ3v) is 4.61. The van der Waals surface area contributed by atoms with Crippen LogP contribution < -0.4 is 10.1 Å². The first kappa shape index (κ1) is 16.2. The lowest BCUT2D eigenvalue weighted by Gasteiger charge is -2.23. The average molecular weight is 350 g/mol. The van der Waals surface area contributed by atoms with Crippen molar-refractivity contribution in [3.8, 4) is 5.75 Å². The highest BCUT2D eigenvalue weighted by molar-refractivity contribution is 6.33. The number of carbonyl (C=O) groups is 1. The van der Waals surface area contributed by atoms with Gasteiger partial charge in [-0.05, 0) is 55.2 Å². The van der Waals surface area contributed by atoms with Gasteiger partial charge in [0.1, 0.15) is 12.0 Å². The molecule has 1 saturated carbocycles. The van der Waals surface area contributed by atoms with Crippen LogP contribution in [0, 0.1) is 5.92 Å². The van der Waals surface area contributed by atoms with Gasteiger partial charge < -0.3 is 10.1 Å². The van der Waals surface area contributed by atoms with Crippen molar-refractivity contribution in [2.45, 2.75) is 18.9 Å². The number of aldehydes is 1. The Morgan fingerprint density at radius 3 is 2.61 bits per heavy atom. The average Bonchev–Trinajstić information content (AvgIpc) is 3.38. The Hall–Kier alpha value is -1.71. The van der Waals surface area contributed by atoms with Crippen molar-refractivity contribution in [1.29, 1.82) is 0 Å². The predicted octanol–water partition coefficient (Wildman–Crippen LogP) is 5.38. The molecule has 3 rings (SSSR count). The van der Waals surface area contributed by atoms with Crippen LogP contribution in [-0.4, -0.2) is 13.4 Å². The van der Waals surface area contributed by atoms with Gasteiger partial charge in [-0.2, -0.15) is 0 Å². The molecule has 1 atom stereocenters. The van der Waals surface area contributed by atoms with Crippen LogP contribution in [0.2, 0.25) is 10.0 Å². The van der Waals surface area contributed by atoms with E-state index in [1.807, 2.05) is 24.3 Å². The van der Waals surface area contributed by atoms with Crippen molar-refractivity contribution < 1.29 is 9.53 Å². The van der Waals surface area contributed by atoms with Gasteiger partial charge in [-0.1, -0.05) is 23.2 Å². The van der Waals surface area contributed by atoms with E-state index in [9.17, 15) is 4.79 Å². The van der Waals surface area contributed by atoms with E-state index >= 15 is 0 Å². The standard InChI is InChI=1S/C18H17Cl2NO2/c1-23-17-7-5-13(19)9-14(17)18(12-3-4-12)21-16-6-2-11(10-22)8-15(16)20/h2,5-10,12,18,21H,3-4H2,1H3. The molecule has 5 heteroatoms. The molecule has 2 aromatic carbocycles. The Morgan fingerprint density at radius 1 is 1.22 bits per heavy atom. The molecule has 0 aromatic heterocycles. The summed E-state index contributed by atoms with van der Waals surface area (Å²) in [5.74, 6) is 1.32. The number of hydrogen-bond acceptors (Lipinski definition) is 3. The summed E-state index contributed by atoms with van der Waals surface area (Å²) in [6, 6.07) is 11.0.